The van der Waals surface area contributed by atoms with Crippen LogP contribution in [0.5, 0.6) is 0 Å². The number of allylic oxidation sites excluding steroid dienone is 1. The number of hydrogen-bond donors (Lipinski definition) is 1. The van der Waals surface area contributed by atoms with Gasteiger partial charge in [-0.25, -0.2) is 0 Å². The van der Waals surface area contributed by atoms with Crippen LogP contribution in [0.1, 0.15) is 32.6 Å². The third-order valence-corrected chi connectivity index (χ3v) is 1.80. The summed E-state index contributed by atoms with van der Waals surface area (Å²) < 4.78 is 0. The molecule has 1 atom stereocenters. The van der Waals surface area contributed by atoms with Crippen molar-refractivity contribution in [3.63, 3.8) is 0 Å². The van der Waals surface area contributed by atoms with Crippen LogP contribution in [0.2, 0.25) is 0 Å². The van der Waals surface area contributed by atoms with E-state index in [0.717, 1.165) is 13.0 Å². The second-order valence-electron chi connectivity index (χ2n) is 2.72. The standard InChI is InChI=1S/C9H19N/c1-3-5-6-9(4-2)7-8-10/h4,9H,2-3,5-8,10H2,1H3. The van der Waals surface area contributed by atoms with E-state index >= 15 is 0 Å². The van der Waals surface area contributed by atoms with Crippen molar-refractivity contribution < 1.29 is 0 Å². The fourth-order valence-electron chi connectivity index (χ4n) is 1.06. The molecule has 1 nitrogen and oxygen atoms in total. The highest BCUT2D eigenvalue weighted by atomic mass is 14.5. The molecule has 0 fully saturated rings. The Morgan fingerprint density at radius 3 is 2.60 bits per heavy atom. The van der Waals surface area contributed by atoms with Crippen molar-refractivity contribution in [1.29, 1.82) is 0 Å². The molecule has 60 valence electrons. The zero-order chi connectivity index (χ0) is 7.82. The van der Waals surface area contributed by atoms with Crippen LogP contribution in [-0.4, -0.2) is 6.54 Å². The van der Waals surface area contributed by atoms with Crippen molar-refractivity contribution in [2.75, 3.05) is 6.54 Å². The Morgan fingerprint density at radius 1 is 1.50 bits per heavy atom. The lowest BCUT2D eigenvalue weighted by Gasteiger charge is -2.08. The summed E-state index contributed by atoms with van der Waals surface area (Å²) >= 11 is 0. The van der Waals surface area contributed by atoms with Gasteiger partial charge < -0.3 is 5.73 Å². The normalized spacial score (nSPS) is 13.0. The van der Waals surface area contributed by atoms with Crippen molar-refractivity contribution >= 4 is 0 Å². The molecule has 0 aliphatic rings. The molecular formula is C9H19N. The first kappa shape index (κ1) is 9.70. The fraction of sp³-hybridized carbons (Fsp3) is 0.778. The van der Waals surface area contributed by atoms with Gasteiger partial charge in [0.25, 0.3) is 0 Å². The molecule has 0 aromatic carbocycles. The van der Waals surface area contributed by atoms with Gasteiger partial charge in [-0.15, -0.1) is 6.58 Å². The molecule has 0 heterocycles. The van der Waals surface area contributed by atoms with E-state index in [9.17, 15) is 0 Å². The molecular weight excluding hydrogens is 122 g/mol. The Morgan fingerprint density at radius 2 is 2.20 bits per heavy atom. The van der Waals surface area contributed by atoms with Crippen LogP contribution in [0.4, 0.5) is 0 Å². The monoisotopic (exact) mass is 141 g/mol. The lowest BCUT2D eigenvalue weighted by molar-refractivity contribution is 0.525. The third-order valence-electron chi connectivity index (χ3n) is 1.80. The van der Waals surface area contributed by atoms with Gasteiger partial charge in [0.1, 0.15) is 0 Å². The number of rotatable bonds is 6. The van der Waals surface area contributed by atoms with E-state index in [2.05, 4.69) is 13.5 Å². The quantitative estimate of drug-likeness (QED) is 0.564. The summed E-state index contributed by atoms with van der Waals surface area (Å²) in [5, 5.41) is 0. The number of hydrogen-bond acceptors (Lipinski definition) is 1. The molecule has 0 bridgehead atoms. The molecule has 0 spiro atoms. The van der Waals surface area contributed by atoms with Crippen LogP contribution in [-0.2, 0) is 0 Å². The molecule has 0 saturated carbocycles. The molecule has 1 heteroatoms. The summed E-state index contributed by atoms with van der Waals surface area (Å²) in [7, 11) is 0. The van der Waals surface area contributed by atoms with Gasteiger partial charge in [0.2, 0.25) is 0 Å². The minimum absolute atomic E-state index is 0.657. The van der Waals surface area contributed by atoms with Crippen molar-refractivity contribution in [2.45, 2.75) is 32.6 Å². The Hall–Kier alpha value is -0.300. The van der Waals surface area contributed by atoms with Gasteiger partial charge >= 0.3 is 0 Å². The molecule has 0 aromatic rings. The van der Waals surface area contributed by atoms with Gasteiger partial charge in [-0.05, 0) is 25.3 Å². The highest BCUT2D eigenvalue weighted by Gasteiger charge is 2.00. The van der Waals surface area contributed by atoms with E-state index in [1.807, 2.05) is 6.08 Å². The second kappa shape index (κ2) is 6.81. The number of unbranched alkanes of at least 4 members (excludes halogenated alkanes) is 1. The average molecular weight is 141 g/mol. The van der Waals surface area contributed by atoms with Gasteiger partial charge in [-0.2, -0.15) is 0 Å². The van der Waals surface area contributed by atoms with E-state index in [4.69, 9.17) is 5.73 Å². The molecule has 0 radical (unpaired) electrons. The van der Waals surface area contributed by atoms with E-state index in [1.54, 1.807) is 0 Å². The lowest BCUT2D eigenvalue weighted by Crippen LogP contribution is -2.06. The van der Waals surface area contributed by atoms with Crippen LogP contribution in [0, 0.1) is 5.92 Å². The van der Waals surface area contributed by atoms with Crippen LogP contribution >= 0.6 is 0 Å². The molecule has 1 unspecified atom stereocenters. The molecule has 10 heavy (non-hydrogen) atoms. The summed E-state index contributed by atoms with van der Waals surface area (Å²) in [6.07, 6.45) is 6.97. The van der Waals surface area contributed by atoms with Gasteiger partial charge in [-0.1, -0.05) is 25.8 Å². The highest BCUT2D eigenvalue weighted by Crippen LogP contribution is 2.12. The Balaban J connectivity index is 3.29. The van der Waals surface area contributed by atoms with Crippen molar-refractivity contribution in [2.24, 2.45) is 11.7 Å². The summed E-state index contributed by atoms with van der Waals surface area (Å²) in [6.45, 7) is 6.78. The van der Waals surface area contributed by atoms with E-state index in [-0.39, 0.29) is 0 Å². The minimum Gasteiger partial charge on any atom is -0.330 e. The SMILES string of the molecule is C=CC(CCN)CCCC. The van der Waals surface area contributed by atoms with Gasteiger partial charge in [0.15, 0.2) is 0 Å². The molecule has 2 N–H and O–H groups in total. The predicted octanol–water partition coefficient (Wildman–Crippen LogP) is 2.33. The molecule has 0 rings (SSSR count). The summed E-state index contributed by atoms with van der Waals surface area (Å²) in [5.41, 5.74) is 5.43. The zero-order valence-electron chi connectivity index (χ0n) is 6.97. The highest BCUT2D eigenvalue weighted by molar-refractivity contribution is 4.78. The first-order valence-corrected chi connectivity index (χ1v) is 4.17. The number of nitrogens with two attached hydrogens (primary N) is 1. The van der Waals surface area contributed by atoms with Gasteiger partial charge in [0, 0.05) is 0 Å². The van der Waals surface area contributed by atoms with Crippen molar-refractivity contribution in [3.05, 3.63) is 12.7 Å². The molecule has 0 aromatic heterocycles. The topological polar surface area (TPSA) is 26.0 Å². The maximum Gasteiger partial charge on any atom is -0.00717 e. The van der Waals surface area contributed by atoms with Crippen LogP contribution < -0.4 is 5.73 Å². The predicted molar refractivity (Wildman–Crippen MR) is 46.9 cm³/mol. The van der Waals surface area contributed by atoms with E-state index < -0.39 is 0 Å². The molecule has 0 amide bonds. The Bertz CT molecular complexity index is 78.8. The van der Waals surface area contributed by atoms with Gasteiger partial charge in [-0.3, -0.25) is 0 Å². The summed E-state index contributed by atoms with van der Waals surface area (Å²) in [5.74, 6) is 0.657. The van der Waals surface area contributed by atoms with Crippen LogP contribution in [0.3, 0.4) is 0 Å². The third kappa shape index (κ3) is 4.57. The first-order chi connectivity index (χ1) is 4.85. The molecule has 0 aliphatic heterocycles. The second-order valence-corrected chi connectivity index (χ2v) is 2.72. The molecule has 0 saturated heterocycles. The fourth-order valence-corrected chi connectivity index (χ4v) is 1.06. The average Bonchev–Trinajstić information content (AvgIpc) is 1.98. The largest absolute Gasteiger partial charge is 0.330 e. The Kier molecular flexibility index (Phi) is 6.61. The van der Waals surface area contributed by atoms with Crippen LogP contribution in [0.15, 0.2) is 12.7 Å². The van der Waals surface area contributed by atoms with Gasteiger partial charge in [0.05, 0.1) is 0 Å². The summed E-state index contributed by atoms with van der Waals surface area (Å²) in [4.78, 5) is 0. The van der Waals surface area contributed by atoms with Crippen LogP contribution in [0.25, 0.3) is 0 Å². The minimum atomic E-state index is 0.657. The van der Waals surface area contributed by atoms with Crippen molar-refractivity contribution in [1.82, 2.24) is 0 Å². The summed E-state index contributed by atoms with van der Waals surface area (Å²) in [6, 6.07) is 0. The lowest BCUT2D eigenvalue weighted by atomic mass is 9.99. The Labute approximate surface area is 64.3 Å². The zero-order valence-corrected chi connectivity index (χ0v) is 6.97. The van der Waals surface area contributed by atoms with Crippen molar-refractivity contribution in [3.8, 4) is 0 Å². The van der Waals surface area contributed by atoms with E-state index in [0.29, 0.717) is 5.92 Å². The smallest absolute Gasteiger partial charge is 0.00717 e. The maximum absolute atomic E-state index is 5.43. The maximum atomic E-state index is 5.43. The van der Waals surface area contributed by atoms with E-state index in [1.165, 1.54) is 19.3 Å². The first-order valence-electron chi connectivity index (χ1n) is 4.17. The molecule has 0 aliphatic carbocycles.